The van der Waals surface area contributed by atoms with E-state index in [2.05, 4.69) is 15.0 Å². The van der Waals surface area contributed by atoms with Gasteiger partial charge in [0.15, 0.2) is 4.34 Å². The average Bonchev–Trinajstić information content (AvgIpc) is 3.24. The molecule has 7 nitrogen and oxygen atoms in total. The van der Waals surface area contributed by atoms with Gasteiger partial charge in [0, 0.05) is 23.4 Å². The van der Waals surface area contributed by atoms with Crippen molar-refractivity contribution in [3.63, 3.8) is 0 Å². The van der Waals surface area contributed by atoms with Crippen LogP contribution in [0.25, 0.3) is 21.0 Å². The Morgan fingerprint density at radius 2 is 1.66 bits per heavy atom. The van der Waals surface area contributed by atoms with Crippen LogP contribution in [0.4, 0.5) is 11.4 Å². The summed E-state index contributed by atoms with van der Waals surface area (Å²) in [4.78, 5) is 16.4. The molecule has 0 radical (unpaired) electrons. The number of nitrogens with zero attached hydrogens (tertiary/aromatic N) is 1. The molecule has 1 aromatic heterocycles. The molecule has 4 aromatic carbocycles. The van der Waals surface area contributed by atoms with Crippen molar-refractivity contribution < 1.29 is 18.3 Å². The quantitative estimate of drug-likeness (QED) is 0.234. The van der Waals surface area contributed by atoms with Crippen molar-refractivity contribution in [1.82, 2.24) is 4.98 Å². The molecular formula is C25H19N3O4S3. The number of hydrogen-bond acceptors (Lipinski definition) is 7. The van der Waals surface area contributed by atoms with Crippen LogP contribution in [-0.2, 0) is 14.8 Å². The fourth-order valence-electron chi connectivity index (χ4n) is 3.61. The lowest BCUT2D eigenvalue weighted by Gasteiger charge is -2.14. The standard InChI is InChI=1S/C25H19N3O4S3/c1-15(29)26-16-10-12-17(13-11-16)35(31,32)28-21-14-23(24(30)19-7-3-2-6-18(19)21)34-25-27-20-8-4-5-9-22(20)33-25/h2-14,28,30H,1H3,(H,26,29). The summed E-state index contributed by atoms with van der Waals surface area (Å²) < 4.78 is 30.8. The molecule has 176 valence electrons. The van der Waals surface area contributed by atoms with Crippen LogP contribution < -0.4 is 10.0 Å². The van der Waals surface area contributed by atoms with Crippen molar-refractivity contribution in [3.8, 4) is 5.75 Å². The van der Waals surface area contributed by atoms with E-state index in [0.717, 1.165) is 14.6 Å². The molecule has 1 amide bonds. The Bertz CT molecular complexity index is 1650. The summed E-state index contributed by atoms with van der Waals surface area (Å²) in [5, 5.41) is 14.7. The fourth-order valence-corrected chi connectivity index (χ4v) is 6.80. The van der Waals surface area contributed by atoms with Crippen molar-refractivity contribution in [2.45, 2.75) is 21.1 Å². The first-order chi connectivity index (χ1) is 16.8. The van der Waals surface area contributed by atoms with Crippen molar-refractivity contribution in [2.75, 3.05) is 10.0 Å². The third kappa shape index (κ3) is 4.81. The SMILES string of the molecule is CC(=O)Nc1ccc(S(=O)(=O)Nc2cc(Sc3nc4ccccc4s3)c(O)c3ccccc23)cc1. The molecule has 0 saturated carbocycles. The lowest BCUT2D eigenvalue weighted by molar-refractivity contribution is -0.114. The van der Waals surface area contributed by atoms with Crippen LogP contribution in [0.3, 0.4) is 0 Å². The monoisotopic (exact) mass is 521 g/mol. The minimum absolute atomic E-state index is 0.0455. The summed E-state index contributed by atoms with van der Waals surface area (Å²) >= 11 is 2.78. The van der Waals surface area contributed by atoms with Gasteiger partial charge in [0.25, 0.3) is 10.0 Å². The van der Waals surface area contributed by atoms with Gasteiger partial charge in [0.05, 0.1) is 25.7 Å². The number of phenolic OH excluding ortho intramolecular Hbond substituents is 1. The number of amides is 1. The number of nitrogens with one attached hydrogen (secondary N) is 2. The number of carbonyl (C=O) groups is 1. The molecule has 35 heavy (non-hydrogen) atoms. The molecular weight excluding hydrogens is 502 g/mol. The number of carbonyl (C=O) groups excluding carboxylic acids is 1. The maximum absolute atomic E-state index is 13.2. The molecule has 0 aliphatic rings. The highest BCUT2D eigenvalue weighted by Crippen LogP contribution is 2.44. The van der Waals surface area contributed by atoms with Gasteiger partial charge in [-0.15, -0.1) is 11.3 Å². The second kappa shape index (κ2) is 9.21. The summed E-state index contributed by atoms with van der Waals surface area (Å²) in [6.07, 6.45) is 0. The number of aromatic hydroxyl groups is 1. The summed E-state index contributed by atoms with van der Waals surface area (Å²) in [6.45, 7) is 1.38. The van der Waals surface area contributed by atoms with Crippen molar-refractivity contribution in [2.24, 2.45) is 0 Å². The van der Waals surface area contributed by atoms with E-state index >= 15 is 0 Å². The largest absolute Gasteiger partial charge is 0.506 e. The van der Waals surface area contributed by atoms with E-state index in [0.29, 0.717) is 27.0 Å². The lowest BCUT2D eigenvalue weighted by atomic mass is 10.1. The molecule has 0 atom stereocenters. The summed E-state index contributed by atoms with van der Waals surface area (Å²) in [6, 6.07) is 22.3. The minimum Gasteiger partial charge on any atom is -0.506 e. The van der Waals surface area contributed by atoms with Gasteiger partial charge in [-0.3, -0.25) is 9.52 Å². The van der Waals surface area contributed by atoms with Crippen LogP contribution in [0.15, 0.2) is 93.0 Å². The van der Waals surface area contributed by atoms with Crippen LogP contribution in [0, 0.1) is 0 Å². The highest BCUT2D eigenvalue weighted by Gasteiger charge is 2.20. The number of hydrogen-bond donors (Lipinski definition) is 3. The summed E-state index contributed by atoms with van der Waals surface area (Å²) in [7, 11) is -3.94. The van der Waals surface area contributed by atoms with Crippen molar-refractivity contribution in [1.29, 1.82) is 0 Å². The molecule has 5 aromatic rings. The van der Waals surface area contributed by atoms with Gasteiger partial charge < -0.3 is 10.4 Å². The summed E-state index contributed by atoms with van der Waals surface area (Å²) in [5.41, 5.74) is 1.71. The highest BCUT2D eigenvalue weighted by atomic mass is 32.2. The van der Waals surface area contributed by atoms with Gasteiger partial charge in [-0.1, -0.05) is 48.2 Å². The van der Waals surface area contributed by atoms with E-state index in [1.807, 2.05) is 24.3 Å². The van der Waals surface area contributed by atoms with E-state index < -0.39 is 10.0 Å². The van der Waals surface area contributed by atoms with Crippen molar-refractivity contribution in [3.05, 3.63) is 78.9 Å². The summed E-state index contributed by atoms with van der Waals surface area (Å²) in [5.74, 6) is -0.181. The first kappa shape index (κ1) is 23.2. The molecule has 5 rings (SSSR count). The number of benzene rings is 4. The molecule has 0 aliphatic heterocycles. The Kier molecular flexibility index (Phi) is 6.10. The zero-order valence-corrected chi connectivity index (χ0v) is 20.8. The smallest absolute Gasteiger partial charge is 0.261 e. The molecule has 10 heteroatoms. The van der Waals surface area contributed by atoms with Crippen LogP contribution in [-0.4, -0.2) is 24.4 Å². The fraction of sp³-hybridized carbons (Fsp3) is 0.0400. The Hall–Kier alpha value is -3.60. The van der Waals surface area contributed by atoms with Gasteiger partial charge >= 0.3 is 0 Å². The lowest BCUT2D eigenvalue weighted by Crippen LogP contribution is -2.13. The topological polar surface area (TPSA) is 108 Å². The number of fused-ring (bicyclic) bond motifs is 2. The number of anilines is 2. The highest BCUT2D eigenvalue weighted by molar-refractivity contribution is 8.01. The third-order valence-electron chi connectivity index (χ3n) is 5.18. The molecule has 0 fully saturated rings. The van der Waals surface area contributed by atoms with E-state index in [-0.39, 0.29) is 16.6 Å². The Balaban J connectivity index is 1.53. The van der Waals surface area contributed by atoms with Gasteiger partial charge in [-0.25, -0.2) is 13.4 Å². The number of aromatic nitrogens is 1. The molecule has 1 heterocycles. The van der Waals surface area contributed by atoms with Gasteiger partial charge in [-0.05, 0) is 42.5 Å². The normalized spacial score (nSPS) is 11.6. The number of thiazole rings is 1. The number of rotatable bonds is 6. The third-order valence-corrected chi connectivity index (χ3v) is 8.69. The van der Waals surface area contributed by atoms with Crippen LogP contribution in [0.5, 0.6) is 5.75 Å². The Morgan fingerprint density at radius 1 is 0.971 bits per heavy atom. The first-order valence-corrected chi connectivity index (χ1v) is 13.6. The minimum atomic E-state index is -3.94. The van der Waals surface area contributed by atoms with E-state index in [1.54, 1.807) is 30.3 Å². The van der Waals surface area contributed by atoms with Crippen LogP contribution >= 0.6 is 23.1 Å². The van der Waals surface area contributed by atoms with E-state index in [1.165, 1.54) is 54.3 Å². The predicted octanol–water partition coefficient (Wildman–Crippen LogP) is 6.07. The molecule has 0 unspecified atom stereocenters. The zero-order valence-electron chi connectivity index (χ0n) is 18.3. The molecule has 3 N–H and O–H groups in total. The van der Waals surface area contributed by atoms with Crippen LogP contribution in [0.2, 0.25) is 0 Å². The number of para-hydroxylation sites is 1. The number of sulfonamides is 1. The number of phenols is 1. The predicted molar refractivity (Wildman–Crippen MR) is 141 cm³/mol. The molecule has 0 bridgehead atoms. The second-order valence-electron chi connectivity index (χ2n) is 7.68. The first-order valence-electron chi connectivity index (χ1n) is 10.5. The second-order valence-corrected chi connectivity index (χ2v) is 11.7. The maximum Gasteiger partial charge on any atom is 0.261 e. The van der Waals surface area contributed by atoms with Gasteiger partial charge in [0.1, 0.15) is 5.75 Å². The Labute approximate surface area is 209 Å². The van der Waals surface area contributed by atoms with Gasteiger partial charge in [-0.2, -0.15) is 0 Å². The van der Waals surface area contributed by atoms with Crippen molar-refractivity contribution >= 4 is 71.4 Å². The van der Waals surface area contributed by atoms with Crippen LogP contribution in [0.1, 0.15) is 6.92 Å². The molecule has 0 aliphatic carbocycles. The molecule has 0 spiro atoms. The Morgan fingerprint density at radius 3 is 2.37 bits per heavy atom. The van der Waals surface area contributed by atoms with Gasteiger partial charge in [0.2, 0.25) is 5.91 Å². The zero-order chi connectivity index (χ0) is 24.6. The maximum atomic E-state index is 13.2. The average molecular weight is 522 g/mol. The molecule has 0 saturated heterocycles. The van der Waals surface area contributed by atoms with E-state index in [9.17, 15) is 18.3 Å². The van der Waals surface area contributed by atoms with E-state index in [4.69, 9.17) is 0 Å².